The van der Waals surface area contributed by atoms with Crippen molar-refractivity contribution in [1.29, 1.82) is 0 Å². The molecule has 9 unspecified atom stereocenters. The van der Waals surface area contributed by atoms with Crippen LogP contribution in [-0.2, 0) is 19.1 Å². The highest BCUT2D eigenvalue weighted by Gasteiger charge is 2.57. The highest BCUT2D eigenvalue weighted by Crippen LogP contribution is 2.49. The van der Waals surface area contributed by atoms with E-state index in [0.29, 0.717) is 12.1 Å². The van der Waals surface area contributed by atoms with Gasteiger partial charge in [-0.25, -0.2) is 0 Å². The van der Waals surface area contributed by atoms with E-state index in [4.69, 9.17) is 9.47 Å². The molecule has 3 saturated carbocycles. The maximum Gasteiger partial charge on any atom is 0.256 e. The van der Waals surface area contributed by atoms with E-state index in [1.807, 2.05) is 6.20 Å². The molecule has 6 fully saturated rings. The van der Waals surface area contributed by atoms with Crippen molar-refractivity contribution >= 4 is 11.7 Å². The van der Waals surface area contributed by atoms with Gasteiger partial charge in [0.25, 0.3) is 5.91 Å². The summed E-state index contributed by atoms with van der Waals surface area (Å²) in [6.07, 6.45) is 16.5. The zero-order chi connectivity index (χ0) is 26.3. The minimum Gasteiger partial charge on any atom is -0.377 e. The molecule has 8 nitrogen and oxygen atoms in total. The normalized spacial score (nSPS) is 41.9. The van der Waals surface area contributed by atoms with Gasteiger partial charge in [0, 0.05) is 44.4 Å². The summed E-state index contributed by atoms with van der Waals surface area (Å²) in [6.45, 7) is 5.42. The summed E-state index contributed by atoms with van der Waals surface area (Å²) in [4.78, 5) is 32.1. The van der Waals surface area contributed by atoms with Crippen LogP contribution in [0.2, 0.25) is 0 Å². The Balaban J connectivity index is 1.12. The van der Waals surface area contributed by atoms with E-state index in [2.05, 4.69) is 20.4 Å². The van der Waals surface area contributed by atoms with Crippen molar-refractivity contribution in [2.75, 3.05) is 39.3 Å². The van der Waals surface area contributed by atoms with Gasteiger partial charge in [-0.15, -0.1) is 0 Å². The number of fused-ring (bicyclic) bond motifs is 3. The van der Waals surface area contributed by atoms with Crippen LogP contribution < -0.4 is 10.6 Å². The number of morpholine rings is 1. The molecule has 4 heterocycles. The van der Waals surface area contributed by atoms with Gasteiger partial charge in [0.15, 0.2) is 5.78 Å². The zero-order valence-electron chi connectivity index (χ0n) is 23.5. The van der Waals surface area contributed by atoms with Crippen molar-refractivity contribution in [1.82, 2.24) is 20.4 Å². The number of ether oxygens (including phenoxy) is 2. The van der Waals surface area contributed by atoms with Crippen LogP contribution in [0.5, 0.6) is 0 Å². The molecule has 3 saturated heterocycles. The van der Waals surface area contributed by atoms with Gasteiger partial charge in [-0.05, 0) is 76.3 Å². The van der Waals surface area contributed by atoms with Gasteiger partial charge in [-0.1, -0.05) is 25.7 Å². The molecule has 3 aliphatic carbocycles. The monoisotopic (exact) mass is 540 g/mol. The van der Waals surface area contributed by atoms with E-state index >= 15 is 0 Å². The van der Waals surface area contributed by atoms with Gasteiger partial charge in [0.2, 0.25) is 0 Å². The van der Waals surface area contributed by atoms with Crippen molar-refractivity contribution in [2.45, 2.75) is 113 Å². The Morgan fingerprint density at radius 3 is 2.59 bits per heavy atom. The smallest absolute Gasteiger partial charge is 0.256 e. The molecule has 0 bridgehead atoms. The maximum absolute atomic E-state index is 13.9. The molecule has 0 radical (unpaired) electrons. The first-order chi connectivity index (χ1) is 19.2. The van der Waals surface area contributed by atoms with Gasteiger partial charge in [0.1, 0.15) is 0 Å². The molecule has 7 rings (SSSR count). The number of amides is 1. The lowest BCUT2D eigenvalue weighted by Gasteiger charge is -2.60. The number of carbonyl (C=O) groups is 2. The van der Waals surface area contributed by atoms with Crippen LogP contribution in [0.1, 0.15) is 77.0 Å². The number of rotatable bonds is 7. The Bertz CT molecular complexity index is 945. The summed E-state index contributed by atoms with van der Waals surface area (Å²) in [7, 11) is 0. The van der Waals surface area contributed by atoms with Crippen molar-refractivity contribution < 1.29 is 19.1 Å². The van der Waals surface area contributed by atoms with Crippen LogP contribution in [0.15, 0.2) is 11.8 Å². The van der Waals surface area contributed by atoms with Crippen molar-refractivity contribution in [2.24, 2.45) is 17.8 Å². The van der Waals surface area contributed by atoms with Gasteiger partial charge in [-0.3, -0.25) is 9.59 Å². The molecule has 9 atom stereocenters. The Kier molecular flexibility index (Phi) is 7.74. The first-order valence-electron chi connectivity index (χ1n) is 16.2. The van der Waals surface area contributed by atoms with Crippen LogP contribution in [0.3, 0.4) is 0 Å². The fourth-order valence-electron chi connectivity index (χ4n) is 9.21. The van der Waals surface area contributed by atoms with E-state index in [9.17, 15) is 9.59 Å². The van der Waals surface area contributed by atoms with Crippen LogP contribution in [0.4, 0.5) is 0 Å². The van der Waals surface area contributed by atoms with E-state index in [1.54, 1.807) is 0 Å². The molecular formula is C31H48N4O4. The molecule has 4 aliphatic heterocycles. The van der Waals surface area contributed by atoms with Crippen molar-refractivity contribution in [3.63, 3.8) is 0 Å². The largest absolute Gasteiger partial charge is 0.377 e. The van der Waals surface area contributed by atoms with Crippen LogP contribution in [0, 0.1) is 17.8 Å². The summed E-state index contributed by atoms with van der Waals surface area (Å²) in [5, 5.41) is 6.92. The quantitative estimate of drug-likeness (QED) is 0.481. The van der Waals surface area contributed by atoms with Gasteiger partial charge < -0.3 is 29.9 Å². The van der Waals surface area contributed by atoms with E-state index in [0.717, 1.165) is 83.1 Å². The fraction of sp³-hybridized carbons (Fsp3) is 0.871. The average Bonchev–Trinajstić information content (AvgIpc) is 3.67. The van der Waals surface area contributed by atoms with Gasteiger partial charge in [-0.2, -0.15) is 0 Å². The first kappa shape index (κ1) is 26.4. The van der Waals surface area contributed by atoms with Crippen LogP contribution >= 0.6 is 0 Å². The number of ketones is 1. The van der Waals surface area contributed by atoms with E-state index < -0.39 is 0 Å². The highest BCUT2D eigenvalue weighted by molar-refractivity contribution is 6.20. The Hall–Kier alpha value is -1.48. The predicted octanol–water partition coefficient (Wildman–Crippen LogP) is 2.62. The van der Waals surface area contributed by atoms with Gasteiger partial charge >= 0.3 is 0 Å². The lowest BCUT2D eigenvalue weighted by molar-refractivity contribution is -0.200. The Morgan fingerprint density at radius 2 is 1.79 bits per heavy atom. The second-order valence-electron chi connectivity index (χ2n) is 13.5. The third-order valence-corrected chi connectivity index (χ3v) is 11.2. The van der Waals surface area contributed by atoms with Crippen LogP contribution in [0.25, 0.3) is 0 Å². The van der Waals surface area contributed by atoms with E-state index in [-0.39, 0.29) is 54.0 Å². The number of Topliss-reactive ketones (excluding diaryl/α,β-unsaturated/α-hetero) is 1. The molecule has 0 aromatic carbocycles. The molecule has 216 valence electrons. The third-order valence-electron chi connectivity index (χ3n) is 11.2. The number of hydrogen-bond acceptors (Lipinski definition) is 7. The summed E-state index contributed by atoms with van der Waals surface area (Å²) in [5.41, 5.74) is 0.383. The lowest BCUT2D eigenvalue weighted by Crippen LogP contribution is -2.71. The van der Waals surface area contributed by atoms with Crippen molar-refractivity contribution in [3.8, 4) is 0 Å². The summed E-state index contributed by atoms with van der Waals surface area (Å²) >= 11 is 0. The summed E-state index contributed by atoms with van der Waals surface area (Å²) < 4.78 is 12.9. The Morgan fingerprint density at radius 1 is 0.974 bits per heavy atom. The number of nitrogens with one attached hydrogen (secondary N) is 2. The number of carbonyl (C=O) groups excluding carboxylic acids is 2. The highest BCUT2D eigenvalue weighted by atomic mass is 16.5. The molecule has 0 aromatic heterocycles. The van der Waals surface area contributed by atoms with Crippen molar-refractivity contribution in [3.05, 3.63) is 11.8 Å². The van der Waals surface area contributed by atoms with Crippen LogP contribution in [-0.4, -0.2) is 97.3 Å². The van der Waals surface area contributed by atoms with Gasteiger partial charge in [0.05, 0.1) is 36.0 Å². The maximum atomic E-state index is 13.9. The molecule has 0 aromatic rings. The molecule has 0 spiro atoms. The second-order valence-corrected chi connectivity index (χ2v) is 13.5. The summed E-state index contributed by atoms with van der Waals surface area (Å²) in [6, 6.07) is 0.515. The molecule has 1 amide bonds. The van der Waals surface area contributed by atoms with E-state index in [1.165, 1.54) is 38.5 Å². The second kappa shape index (κ2) is 11.4. The minimum atomic E-state index is -0.178. The third kappa shape index (κ3) is 5.20. The number of hydrogen-bond donors (Lipinski definition) is 2. The standard InChI is InChI=1S/C31H48N4O4/c36-29-23-9-10-25(33-18-22-8-5-15-38-22)30-28(23)35(19-24(29)31(37)32-11-14-34-12-3-4-13-34)26-16-20-6-1-2-7-21(20)17-27(26)39-30/h19-23,25-28,30,33H,1-18H2,(H,32,37). The molecular weight excluding hydrogens is 492 g/mol. The number of nitrogens with zero attached hydrogens (tertiary/aromatic N) is 2. The topological polar surface area (TPSA) is 83.1 Å². The SMILES string of the molecule is O=C(NCCN1CCCC1)C1=CN2C3CC4CCCCC4CC3OC3C(NCC4CCCO4)CCC(C1=O)C32. The lowest BCUT2D eigenvalue weighted by atomic mass is 9.65. The molecule has 7 aliphatic rings. The minimum absolute atomic E-state index is 0.0217. The first-order valence-corrected chi connectivity index (χ1v) is 16.2. The molecule has 2 N–H and O–H groups in total. The molecule has 8 heteroatoms. The average molecular weight is 541 g/mol. The zero-order valence-corrected chi connectivity index (χ0v) is 23.5. The fourth-order valence-corrected chi connectivity index (χ4v) is 9.21. The Labute approximate surface area is 233 Å². The molecule has 39 heavy (non-hydrogen) atoms. The number of likely N-dealkylation sites (tertiary alicyclic amines) is 1. The summed E-state index contributed by atoms with van der Waals surface area (Å²) in [5.74, 6) is 1.20. The predicted molar refractivity (Wildman–Crippen MR) is 148 cm³/mol.